The molecule has 0 spiro atoms. The van der Waals surface area contributed by atoms with Crippen molar-refractivity contribution < 1.29 is 0 Å². The molecule has 106 valence electrons. The van der Waals surface area contributed by atoms with Gasteiger partial charge in [0.25, 0.3) is 0 Å². The van der Waals surface area contributed by atoms with E-state index in [9.17, 15) is 0 Å². The van der Waals surface area contributed by atoms with Gasteiger partial charge < -0.3 is 0 Å². The molecule has 1 heteroatoms. The lowest BCUT2D eigenvalue weighted by Crippen LogP contribution is -1.92. The molecule has 0 saturated heterocycles. The largest absolute Gasteiger partial charge is 0.256 e. The average molecular weight is 267 g/mol. The zero-order chi connectivity index (χ0) is 14.4. The minimum absolute atomic E-state index is 1.07. The summed E-state index contributed by atoms with van der Waals surface area (Å²) in [6.07, 6.45) is 8.40. The van der Waals surface area contributed by atoms with E-state index in [1.54, 1.807) is 0 Å². The molecule has 0 fully saturated rings. The summed E-state index contributed by atoms with van der Waals surface area (Å²) in [6.45, 7) is 6.54. The predicted octanol–water partition coefficient (Wildman–Crippen LogP) is 5.49. The lowest BCUT2D eigenvalue weighted by Gasteiger charge is -2.09. The summed E-state index contributed by atoms with van der Waals surface area (Å²) in [5.41, 5.74) is 6.39. The Morgan fingerprint density at radius 3 is 2.50 bits per heavy atom. The number of pyridine rings is 1. The van der Waals surface area contributed by atoms with Crippen LogP contribution in [0.3, 0.4) is 0 Å². The van der Waals surface area contributed by atoms with E-state index in [-0.39, 0.29) is 0 Å². The number of nitrogens with zero attached hydrogens (tertiary/aromatic N) is 1. The second kappa shape index (κ2) is 7.23. The molecule has 0 amide bonds. The summed E-state index contributed by atoms with van der Waals surface area (Å²) < 4.78 is 0. The third kappa shape index (κ3) is 3.93. The first-order chi connectivity index (χ1) is 9.70. The number of unbranched alkanes of at least 4 members (excludes halogenated alkanes) is 3. The van der Waals surface area contributed by atoms with E-state index in [1.165, 1.54) is 54.4 Å². The van der Waals surface area contributed by atoms with Gasteiger partial charge in [-0.1, -0.05) is 44.4 Å². The lowest BCUT2D eigenvalue weighted by molar-refractivity contribution is 0.666. The van der Waals surface area contributed by atoms with Crippen molar-refractivity contribution in [2.75, 3.05) is 0 Å². The molecular formula is C19H25N. The van der Waals surface area contributed by atoms with Crippen LogP contribution in [0, 0.1) is 13.8 Å². The van der Waals surface area contributed by atoms with Crippen LogP contribution in [0.25, 0.3) is 11.3 Å². The molecular weight excluding hydrogens is 242 g/mol. The number of hydrogen-bond donors (Lipinski definition) is 0. The highest BCUT2D eigenvalue weighted by molar-refractivity contribution is 5.61. The van der Waals surface area contributed by atoms with Crippen molar-refractivity contribution in [3.63, 3.8) is 0 Å². The fraction of sp³-hybridized carbons (Fsp3) is 0.421. The number of aryl methyl sites for hydroxylation is 3. The summed E-state index contributed by atoms with van der Waals surface area (Å²) in [7, 11) is 0. The molecule has 0 bridgehead atoms. The number of benzene rings is 1. The maximum Gasteiger partial charge on any atom is 0.0702 e. The van der Waals surface area contributed by atoms with Crippen molar-refractivity contribution in [1.82, 2.24) is 4.98 Å². The zero-order valence-corrected chi connectivity index (χ0v) is 12.9. The fourth-order valence-corrected chi connectivity index (χ4v) is 2.48. The Morgan fingerprint density at radius 2 is 1.80 bits per heavy atom. The van der Waals surface area contributed by atoms with E-state index in [0.29, 0.717) is 0 Å². The molecule has 1 heterocycles. The van der Waals surface area contributed by atoms with Gasteiger partial charge in [-0.2, -0.15) is 0 Å². The summed E-state index contributed by atoms with van der Waals surface area (Å²) in [5, 5.41) is 0. The van der Waals surface area contributed by atoms with Crippen LogP contribution < -0.4 is 0 Å². The first kappa shape index (κ1) is 14.8. The lowest BCUT2D eigenvalue weighted by atomic mass is 9.98. The van der Waals surface area contributed by atoms with Crippen molar-refractivity contribution in [2.45, 2.75) is 52.9 Å². The Kier molecular flexibility index (Phi) is 5.34. The van der Waals surface area contributed by atoms with Crippen molar-refractivity contribution in [3.8, 4) is 11.3 Å². The first-order valence-electron chi connectivity index (χ1n) is 7.73. The second-order valence-electron chi connectivity index (χ2n) is 5.67. The van der Waals surface area contributed by atoms with Gasteiger partial charge in [0.1, 0.15) is 0 Å². The molecule has 0 aliphatic heterocycles. The molecule has 0 atom stereocenters. The summed E-state index contributed by atoms with van der Waals surface area (Å²) in [4.78, 5) is 4.53. The number of hydrogen-bond acceptors (Lipinski definition) is 1. The van der Waals surface area contributed by atoms with Crippen molar-refractivity contribution >= 4 is 0 Å². The van der Waals surface area contributed by atoms with Crippen LogP contribution in [0.1, 0.15) is 49.3 Å². The van der Waals surface area contributed by atoms with Gasteiger partial charge in [0.15, 0.2) is 0 Å². The number of aromatic nitrogens is 1. The highest BCUT2D eigenvalue weighted by Gasteiger charge is 2.04. The second-order valence-corrected chi connectivity index (χ2v) is 5.67. The monoisotopic (exact) mass is 267 g/mol. The zero-order valence-electron chi connectivity index (χ0n) is 12.9. The standard InChI is InChI=1S/C19H25N/c1-4-5-6-7-8-17-13-18(11-10-16(17)3)19-12-9-15(2)14-20-19/h9-14H,4-8H2,1-3H3. The normalized spacial score (nSPS) is 10.8. The topological polar surface area (TPSA) is 12.9 Å². The van der Waals surface area contributed by atoms with Crippen LogP contribution in [0.4, 0.5) is 0 Å². The summed E-state index contributed by atoms with van der Waals surface area (Å²) >= 11 is 0. The van der Waals surface area contributed by atoms with Gasteiger partial charge in [0.2, 0.25) is 0 Å². The predicted molar refractivity (Wildman–Crippen MR) is 87.0 cm³/mol. The number of rotatable bonds is 6. The maximum atomic E-state index is 4.53. The molecule has 0 radical (unpaired) electrons. The maximum absolute atomic E-state index is 4.53. The molecule has 0 unspecified atom stereocenters. The van der Waals surface area contributed by atoms with E-state index < -0.39 is 0 Å². The SMILES string of the molecule is CCCCCCc1cc(-c2ccc(C)cn2)ccc1C. The molecule has 2 aromatic rings. The van der Waals surface area contributed by atoms with E-state index in [1.807, 2.05) is 6.20 Å². The van der Waals surface area contributed by atoms with Crippen LogP contribution >= 0.6 is 0 Å². The quantitative estimate of drug-likeness (QED) is 0.631. The highest BCUT2D eigenvalue weighted by Crippen LogP contribution is 2.22. The smallest absolute Gasteiger partial charge is 0.0702 e. The average Bonchev–Trinajstić information content (AvgIpc) is 2.46. The van der Waals surface area contributed by atoms with Gasteiger partial charge in [-0.05, 0) is 55.5 Å². The Labute approximate surface area is 123 Å². The van der Waals surface area contributed by atoms with Gasteiger partial charge in [0, 0.05) is 11.8 Å². The van der Waals surface area contributed by atoms with E-state index in [2.05, 4.69) is 56.1 Å². The summed E-state index contributed by atoms with van der Waals surface area (Å²) in [5.74, 6) is 0. The Hall–Kier alpha value is -1.63. The van der Waals surface area contributed by atoms with Crippen LogP contribution in [0.5, 0.6) is 0 Å². The Morgan fingerprint density at radius 1 is 0.950 bits per heavy atom. The van der Waals surface area contributed by atoms with Crippen molar-refractivity contribution in [2.24, 2.45) is 0 Å². The molecule has 1 aromatic carbocycles. The van der Waals surface area contributed by atoms with Crippen molar-refractivity contribution in [3.05, 3.63) is 53.2 Å². The van der Waals surface area contributed by atoms with E-state index in [4.69, 9.17) is 0 Å². The van der Waals surface area contributed by atoms with Gasteiger partial charge >= 0.3 is 0 Å². The van der Waals surface area contributed by atoms with Crippen molar-refractivity contribution in [1.29, 1.82) is 0 Å². The third-order valence-corrected chi connectivity index (χ3v) is 3.86. The van der Waals surface area contributed by atoms with Gasteiger partial charge in [-0.3, -0.25) is 4.98 Å². The third-order valence-electron chi connectivity index (χ3n) is 3.86. The first-order valence-corrected chi connectivity index (χ1v) is 7.73. The molecule has 20 heavy (non-hydrogen) atoms. The van der Waals surface area contributed by atoms with Crippen LogP contribution in [0.15, 0.2) is 36.5 Å². The molecule has 1 aromatic heterocycles. The van der Waals surface area contributed by atoms with E-state index >= 15 is 0 Å². The molecule has 0 N–H and O–H groups in total. The van der Waals surface area contributed by atoms with Gasteiger partial charge in [-0.25, -0.2) is 0 Å². The minimum atomic E-state index is 1.07. The molecule has 1 nitrogen and oxygen atoms in total. The van der Waals surface area contributed by atoms with Gasteiger partial charge in [0.05, 0.1) is 5.69 Å². The highest BCUT2D eigenvalue weighted by atomic mass is 14.7. The molecule has 2 rings (SSSR count). The Bertz CT molecular complexity index is 540. The fourth-order valence-electron chi connectivity index (χ4n) is 2.48. The van der Waals surface area contributed by atoms with E-state index in [0.717, 1.165) is 5.69 Å². The van der Waals surface area contributed by atoms with Crippen LogP contribution in [0.2, 0.25) is 0 Å². The van der Waals surface area contributed by atoms with Crippen LogP contribution in [-0.4, -0.2) is 4.98 Å². The summed E-state index contributed by atoms with van der Waals surface area (Å²) in [6, 6.07) is 11.0. The molecule has 0 aliphatic rings. The minimum Gasteiger partial charge on any atom is -0.256 e. The van der Waals surface area contributed by atoms with Crippen LogP contribution in [-0.2, 0) is 6.42 Å². The molecule has 0 saturated carbocycles. The molecule has 0 aliphatic carbocycles. The Balaban J connectivity index is 2.13. The van der Waals surface area contributed by atoms with Gasteiger partial charge in [-0.15, -0.1) is 0 Å².